The molecule has 1 aromatic carbocycles. The molecule has 7 heteroatoms. The van der Waals surface area contributed by atoms with Crippen LogP contribution in [0.2, 0.25) is 0 Å². The van der Waals surface area contributed by atoms with E-state index in [0.717, 1.165) is 23.4 Å². The second-order valence-corrected chi connectivity index (χ2v) is 5.22. The number of nitrogens with one attached hydrogen (secondary N) is 2. The molecule has 0 bridgehead atoms. The van der Waals surface area contributed by atoms with Gasteiger partial charge in [0.25, 0.3) is 5.91 Å². The molecule has 3 rings (SSSR count). The Labute approximate surface area is 142 Å². The molecule has 0 saturated heterocycles. The molecule has 25 heavy (non-hydrogen) atoms. The Morgan fingerprint density at radius 1 is 1.04 bits per heavy atom. The van der Waals surface area contributed by atoms with Gasteiger partial charge in [0.2, 0.25) is 0 Å². The van der Waals surface area contributed by atoms with Gasteiger partial charge in [0, 0.05) is 25.0 Å². The summed E-state index contributed by atoms with van der Waals surface area (Å²) in [6, 6.07) is 9.93. The lowest BCUT2D eigenvalue weighted by molar-refractivity contribution is 0.102. The van der Waals surface area contributed by atoms with Crippen LogP contribution in [0.25, 0.3) is 0 Å². The minimum Gasteiger partial charge on any atom is -0.380 e. The van der Waals surface area contributed by atoms with Crippen LogP contribution < -0.4 is 10.6 Å². The van der Waals surface area contributed by atoms with Gasteiger partial charge in [-0.25, -0.2) is 13.8 Å². The molecule has 3 aromatic rings. The molecule has 0 saturated carbocycles. The quantitative estimate of drug-likeness (QED) is 0.744. The number of benzene rings is 1. The van der Waals surface area contributed by atoms with Crippen LogP contribution in [0.4, 0.5) is 20.2 Å². The van der Waals surface area contributed by atoms with Crippen LogP contribution in [0.5, 0.6) is 0 Å². The SMILES string of the molecule is O=C(Nc1ccc(F)cc1F)c1ccc(NCc2ccncc2)cn1. The Balaban J connectivity index is 1.62. The summed E-state index contributed by atoms with van der Waals surface area (Å²) in [4.78, 5) is 20.1. The number of anilines is 2. The van der Waals surface area contributed by atoms with Crippen molar-refractivity contribution in [3.05, 3.63) is 83.9 Å². The predicted molar refractivity (Wildman–Crippen MR) is 90.1 cm³/mol. The van der Waals surface area contributed by atoms with Crippen molar-refractivity contribution in [2.75, 3.05) is 10.6 Å². The molecule has 0 radical (unpaired) electrons. The number of amides is 1. The van der Waals surface area contributed by atoms with Gasteiger partial charge in [0.1, 0.15) is 17.3 Å². The summed E-state index contributed by atoms with van der Waals surface area (Å²) in [6.07, 6.45) is 4.92. The van der Waals surface area contributed by atoms with Crippen LogP contribution >= 0.6 is 0 Å². The maximum atomic E-state index is 13.6. The average Bonchev–Trinajstić information content (AvgIpc) is 2.63. The van der Waals surface area contributed by atoms with Gasteiger partial charge in [0.15, 0.2) is 0 Å². The smallest absolute Gasteiger partial charge is 0.274 e. The first-order valence-corrected chi connectivity index (χ1v) is 7.47. The molecular weight excluding hydrogens is 326 g/mol. The summed E-state index contributed by atoms with van der Waals surface area (Å²) in [5.74, 6) is -2.13. The van der Waals surface area contributed by atoms with Gasteiger partial charge in [-0.05, 0) is 42.0 Å². The Morgan fingerprint density at radius 2 is 1.84 bits per heavy atom. The Hall–Kier alpha value is -3.35. The molecule has 2 aromatic heterocycles. The van der Waals surface area contributed by atoms with Crippen molar-refractivity contribution in [2.45, 2.75) is 6.54 Å². The number of nitrogens with zero attached hydrogens (tertiary/aromatic N) is 2. The largest absolute Gasteiger partial charge is 0.380 e. The molecule has 0 aliphatic rings. The van der Waals surface area contributed by atoms with Crippen LogP contribution in [0, 0.1) is 11.6 Å². The lowest BCUT2D eigenvalue weighted by Gasteiger charge is -2.08. The standard InChI is InChI=1S/C18H14F2N4O/c19-13-1-3-16(15(20)9-13)24-18(25)17-4-2-14(11-23-17)22-10-12-5-7-21-8-6-12/h1-9,11,22H,10H2,(H,24,25). The lowest BCUT2D eigenvalue weighted by atomic mass is 10.2. The molecular formula is C18H14F2N4O. The minimum absolute atomic E-state index is 0.104. The van der Waals surface area contributed by atoms with Gasteiger partial charge in [-0.1, -0.05) is 0 Å². The number of rotatable bonds is 5. The van der Waals surface area contributed by atoms with Crippen molar-refractivity contribution in [2.24, 2.45) is 0 Å². The van der Waals surface area contributed by atoms with E-state index in [1.165, 1.54) is 12.3 Å². The second-order valence-electron chi connectivity index (χ2n) is 5.22. The fourth-order valence-corrected chi connectivity index (χ4v) is 2.11. The van der Waals surface area contributed by atoms with Gasteiger partial charge < -0.3 is 10.6 Å². The van der Waals surface area contributed by atoms with Crippen molar-refractivity contribution in [3.8, 4) is 0 Å². The van der Waals surface area contributed by atoms with Crippen LogP contribution in [0.3, 0.4) is 0 Å². The number of halogens is 2. The average molecular weight is 340 g/mol. The number of carbonyl (C=O) groups excluding carboxylic acids is 1. The van der Waals surface area contributed by atoms with E-state index in [1.54, 1.807) is 18.5 Å². The molecule has 0 atom stereocenters. The van der Waals surface area contributed by atoms with E-state index in [9.17, 15) is 13.6 Å². The summed E-state index contributed by atoms with van der Waals surface area (Å²) in [5, 5.41) is 5.53. The Bertz CT molecular complexity index is 870. The normalized spacial score (nSPS) is 10.3. The highest BCUT2D eigenvalue weighted by Gasteiger charge is 2.11. The van der Waals surface area contributed by atoms with Crippen LogP contribution in [-0.2, 0) is 6.54 Å². The van der Waals surface area contributed by atoms with E-state index >= 15 is 0 Å². The summed E-state index contributed by atoms with van der Waals surface area (Å²) in [5.41, 5.74) is 1.82. The summed E-state index contributed by atoms with van der Waals surface area (Å²) in [6.45, 7) is 0.594. The van der Waals surface area contributed by atoms with Gasteiger partial charge in [0.05, 0.1) is 17.6 Å². The van der Waals surface area contributed by atoms with Crippen molar-refractivity contribution < 1.29 is 13.6 Å². The number of hydrogen-bond donors (Lipinski definition) is 2. The Kier molecular flexibility index (Phi) is 4.94. The third-order valence-corrected chi connectivity index (χ3v) is 3.42. The maximum absolute atomic E-state index is 13.6. The van der Waals surface area contributed by atoms with Gasteiger partial charge in [-0.15, -0.1) is 0 Å². The molecule has 1 amide bonds. The Morgan fingerprint density at radius 3 is 2.52 bits per heavy atom. The molecule has 0 fully saturated rings. The zero-order valence-electron chi connectivity index (χ0n) is 13.0. The third-order valence-electron chi connectivity index (χ3n) is 3.42. The topological polar surface area (TPSA) is 66.9 Å². The summed E-state index contributed by atoms with van der Waals surface area (Å²) in [7, 11) is 0. The van der Waals surface area contributed by atoms with Crippen LogP contribution in [0.15, 0.2) is 61.1 Å². The maximum Gasteiger partial charge on any atom is 0.274 e. The number of aromatic nitrogens is 2. The van der Waals surface area contributed by atoms with E-state index in [0.29, 0.717) is 12.6 Å². The van der Waals surface area contributed by atoms with Crippen molar-refractivity contribution >= 4 is 17.3 Å². The molecule has 5 nitrogen and oxygen atoms in total. The molecule has 2 heterocycles. The molecule has 0 aliphatic carbocycles. The highest BCUT2D eigenvalue weighted by molar-refractivity contribution is 6.03. The molecule has 0 spiro atoms. The third kappa shape index (κ3) is 4.35. The van der Waals surface area contributed by atoms with Gasteiger partial charge >= 0.3 is 0 Å². The first kappa shape index (κ1) is 16.5. The zero-order valence-corrected chi connectivity index (χ0v) is 13.0. The number of hydrogen-bond acceptors (Lipinski definition) is 4. The molecule has 0 unspecified atom stereocenters. The molecule has 126 valence electrons. The second kappa shape index (κ2) is 7.48. The van der Waals surface area contributed by atoms with E-state index in [-0.39, 0.29) is 11.4 Å². The van der Waals surface area contributed by atoms with Gasteiger partial charge in [-0.2, -0.15) is 0 Å². The van der Waals surface area contributed by atoms with Crippen molar-refractivity contribution in [3.63, 3.8) is 0 Å². The zero-order chi connectivity index (χ0) is 17.6. The minimum atomic E-state index is -0.844. The summed E-state index contributed by atoms with van der Waals surface area (Å²) < 4.78 is 26.4. The fraction of sp³-hybridized carbons (Fsp3) is 0.0556. The van der Waals surface area contributed by atoms with E-state index in [2.05, 4.69) is 20.6 Å². The number of pyridine rings is 2. The monoisotopic (exact) mass is 340 g/mol. The van der Waals surface area contributed by atoms with E-state index in [4.69, 9.17) is 0 Å². The van der Waals surface area contributed by atoms with E-state index < -0.39 is 17.5 Å². The molecule has 0 aliphatic heterocycles. The lowest BCUT2D eigenvalue weighted by Crippen LogP contribution is -2.14. The first-order chi connectivity index (χ1) is 12.1. The van der Waals surface area contributed by atoms with Crippen molar-refractivity contribution in [1.82, 2.24) is 9.97 Å². The number of carbonyl (C=O) groups is 1. The van der Waals surface area contributed by atoms with E-state index in [1.807, 2.05) is 12.1 Å². The summed E-state index contributed by atoms with van der Waals surface area (Å²) >= 11 is 0. The predicted octanol–water partition coefficient (Wildman–Crippen LogP) is 3.62. The van der Waals surface area contributed by atoms with Crippen LogP contribution in [0.1, 0.15) is 16.1 Å². The fourth-order valence-electron chi connectivity index (χ4n) is 2.11. The molecule has 2 N–H and O–H groups in total. The van der Waals surface area contributed by atoms with Crippen molar-refractivity contribution in [1.29, 1.82) is 0 Å². The first-order valence-electron chi connectivity index (χ1n) is 7.47. The van der Waals surface area contributed by atoms with Crippen LogP contribution in [-0.4, -0.2) is 15.9 Å². The van der Waals surface area contributed by atoms with Gasteiger partial charge in [-0.3, -0.25) is 9.78 Å². The highest BCUT2D eigenvalue weighted by atomic mass is 19.1. The highest BCUT2D eigenvalue weighted by Crippen LogP contribution is 2.16.